The van der Waals surface area contributed by atoms with Crippen LogP contribution < -0.4 is 9.64 Å². The van der Waals surface area contributed by atoms with E-state index < -0.39 is 10.0 Å². The average Bonchev–Trinajstić information content (AvgIpc) is 3.39. The summed E-state index contributed by atoms with van der Waals surface area (Å²) in [7, 11) is -1.94. The molecule has 0 aliphatic carbocycles. The van der Waals surface area contributed by atoms with E-state index in [2.05, 4.69) is 13.0 Å². The van der Waals surface area contributed by atoms with Crippen molar-refractivity contribution in [3.8, 4) is 5.75 Å². The molecule has 1 saturated heterocycles. The Balaban J connectivity index is 1.54. The highest BCUT2D eigenvalue weighted by atomic mass is 32.2. The van der Waals surface area contributed by atoms with Gasteiger partial charge in [-0.3, -0.25) is 4.79 Å². The summed E-state index contributed by atoms with van der Waals surface area (Å²) in [5.41, 5.74) is 2.91. The number of ether oxygens (including phenoxy) is 1. The van der Waals surface area contributed by atoms with Crippen molar-refractivity contribution in [1.82, 2.24) is 4.31 Å². The molecule has 1 fully saturated rings. The van der Waals surface area contributed by atoms with Gasteiger partial charge in [0.05, 0.1) is 12.0 Å². The predicted octanol–water partition coefficient (Wildman–Crippen LogP) is 3.39. The minimum atomic E-state index is -3.51. The molecule has 2 aromatic carbocycles. The van der Waals surface area contributed by atoms with Crippen LogP contribution in [-0.2, 0) is 27.7 Å². The number of rotatable bonds is 6. The molecular formula is C23H28N2O4S. The summed E-state index contributed by atoms with van der Waals surface area (Å²) in [6.45, 7) is 3.19. The van der Waals surface area contributed by atoms with Crippen molar-refractivity contribution < 1.29 is 17.9 Å². The van der Waals surface area contributed by atoms with E-state index in [9.17, 15) is 13.2 Å². The highest BCUT2D eigenvalue weighted by Gasteiger charge is 2.31. The Kier molecular flexibility index (Phi) is 5.84. The van der Waals surface area contributed by atoms with Crippen LogP contribution in [0.25, 0.3) is 0 Å². The van der Waals surface area contributed by atoms with Crippen molar-refractivity contribution in [1.29, 1.82) is 0 Å². The molecule has 30 heavy (non-hydrogen) atoms. The Bertz CT molecular complexity index is 1040. The monoisotopic (exact) mass is 428 g/mol. The first-order chi connectivity index (χ1) is 14.4. The summed E-state index contributed by atoms with van der Waals surface area (Å²) in [5, 5.41) is 0. The number of hydrogen-bond donors (Lipinski definition) is 0. The normalized spacial score (nSPS) is 19.1. The topological polar surface area (TPSA) is 66.9 Å². The Morgan fingerprint density at radius 2 is 1.87 bits per heavy atom. The molecule has 0 spiro atoms. The van der Waals surface area contributed by atoms with E-state index in [-0.39, 0.29) is 16.8 Å². The average molecular weight is 429 g/mol. The number of sulfonamides is 1. The molecule has 0 aromatic heterocycles. The Hall–Kier alpha value is -2.38. The number of carbonyl (C=O) groups excluding carboxylic acids is 1. The van der Waals surface area contributed by atoms with E-state index >= 15 is 0 Å². The van der Waals surface area contributed by atoms with Crippen LogP contribution in [0.3, 0.4) is 0 Å². The largest absolute Gasteiger partial charge is 0.496 e. The quantitative estimate of drug-likeness (QED) is 0.707. The van der Waals surface area contributed by atoms with Gasteiger partial charge in [0.2, 0.25) is 15.9 Å². The molecule has 0 N–H and O–H groups in total. The van der Waals surface area contributed by atoms with Gasteiger partial charge >= 0.3 is 0 Å². The number of methoxy groups -OCH3 is 1. The molecule has 0 radical (unpaired) electrons. The molecule has 6 nitrogen and oxygen atoms in total. The second-order valence-electron chi connectivity index (χ2n) is 8.03. The van der Waals surface area contributed by atoms with Gasteiger partial charge in [0.1, 0.15) is 5.75 Å². The standard InChI is InChI=1S/C23H28N2O4S/c1-17-15-18-7-3-4-8-21(18)25(17)23(26)12-9-19-16-20(10-11-22(19)29-2)30(27,28)24-13-5-6-14-24/h3-4,7-8,10-11,16-17H,5-6,9,12-15H2,1-2H3. The number of amides is 1. The molecule has 2 aliphatic rings. The smallest absolute Gasteiger partial charge is 0.243 e. The van der Waals surface area contributed by atoms with E-state index in [4.69, 9.17) is 4.74 Å². The van der Waals surface area contributed by atoms with Gasteiger partial charge in [-0.15, -0.1) is 0 Å². The zero-order valence-electron chi connectivity index (χ0n) is 17.5. The first-order valence-corrected chi connectivity index (χ1v) is 11.9. The van der Waals surface area contributed by atoms with Gasteiger partial charge in [0.15, 0.2) is 0 Å². The highest BCUT2D eigenvalue weighted by Crippen LogP contribution is 2.33. The van der Waals surface area contributed by atoms with Crippen LogP contribution in [0, 0.1) is 0 Å². The minimum absolute atomic E-state index is 0.0438. The van der Waals surface area contributed by atoms with Gasteiger partial charge in [-0.1, -0.05) is 18.2 Å². The van der Waals surface area contributed by atoms with Crippen LogP contribution in [0.5, 0.6) is 5.75 Å². The maximum absolute atomic E-state index is 13.0. The number of para-hydroxylation sites is 1. The molecule has 2 heterocycles. The molecule has 2 aromatic rings. The summed E-state index contributed by atoms with van der Waals surface area (Å²) < 4.78 is 32.8. The van der Waals surface area contributed by atoms with Crippen LogP contribution in [0.4, 0.5) is 5.69 Å². The molecule has 7 heteroatoms. The third-order valence-electron chi connectivity index (χ3n) is 6.04. The number of nitrogens with zero attached hydrogens (tertiary/aromatic N) is 2. The lowest BCUT2D eigenvalue weighted by atomic mass is 10.1. The summed E-state index contributed by atoms with van der Waals surface area (Å²) in [5.74, 6) is 0.653. The fourth-order valence-corrected chi connectivity index (χ4v) is 6.06. The lowest BCUT2D eigenvalue weighted by Crippen LogP contribution is -2.35. The Morgan fingerprint density at radius 3 is 2.60 bits per heavy atom. The molecule has 1 amide bonds. The highest BCUT2D eigenvalue weighted by molar-refractivity contribution is 7.89. The van der Waals surface area contributed by atoms with E-state index in [1.807, 2.05) is 23.1 Å². The molecule has 160 valence electrons. The van der Waals surface area contributed by atoms with Crippen molar-refractivity contribution in [2.24, 2.45) is 0 Å². The zero-order valence-corrected chi connectivity index (χ0v) is 18.3. The van der Waals surface area contributed by atoms with E-state index in [1.165, 1.54) is 9.87 Å². The molecule has 0 bridgehead atoms. The van der Waals surface area contributed by atoms with E-state index in [1.54, 1.807) is 25.3 Å². The molecule has 1 unspecified atom stereocenters. The first-order valence-electron chi connectivity index (χ1n) is 10.5. The Morgan fingerprint density at radius 1 is 1.13 bits per heavy atom. The second kappa shape index (κ2) is 8.40. The van der Waals surface area contributed by atoms with Gasteiger partial charge in [-0.05, 0) is 68.0 Å². The summed E-state index contributed by atoms with van der Waals surface area (Å²) in [4.78, 5) is 15.2. The Labute approximate surface area is 178 Å². The van der Waals surface area contributed by atoms with Gasteiger partial charge in [0.25, 0.3) is 0 Å². The van der Waals surface area contributed by atoms with Crippen molar-refractivity contribution in [2.45, 2.75) is 50.0 Å². The molecular weight excluding hydrogens is 400 g/mol. The van der Waals surface area contributed by atoms with Crippen molar-refractivity contribution in [3.05, 3.63) is 53.6 Å². The lowest BCUT2D eigenvalue weighted by Gasteiger charge is -2.23. The van der Waals surface area contributed by atoms with Crippen LogP contribution in [-0.4, -0.2) is 44.9 Å². The predicted molar refractivity (Wildman–Crippen MR) is 116 cm³/mol. The fraction of sp³-hybridized carbons (Fsp3) is 0.435. The van der Waals surface area contributed by atoms with Crippen LogP contribution in [0.2, 0.25) is 0 Å². The van der Waals surface area contributed by atoms with E-state index in [0.717, 1.165) is 30.5 Å². The van der Waals surface area contributed by atoms with Crippen molar-refractivity contribution in [3.63, 3.8) is 0 Å². The van der Waals surface area contributed by atoms with Crippen molar-refractivity contribution >= 4 is 21.6 Å². The number of fused-ring (bicyclic) bond motifs is 1. The lowest BCUT2D eigenvalue weighted by molar-refractivity contribution is -0.118. The molecule has 2 aliphatic heterocycles. The van der Waals surface area contributed by atoms with E-state index in [0.29, 0.717) is 31.7 Å². The van der Waals surface area contributed by atoms with Crippen molar-refractivity contribution in [2.75, 3.05) is 25.1 Å². The SMILES string of the molecule is COc1ccc(S(=O)(=O)N2CCCC2)cc1CCC(=O)N1c2ccccc2CC1C. The van der Waals surface area contributed by atoms with Crippen LogP contribution in [0.1, 0.15) is 37.3 Å². The van der Waals surface area contributed by atoms with Gasteiger partial charge in [-0.2, -0.15) is 4.31 Å². The number of hydrogen-bond acceptors (Lipinski definition) is 4. The minimum Gasteiger partial charge on any atom is -0.496 e. The van der Waals surface area contributed by atoms with Crippen LogP contribution >= 0.6 is 0 Å². The van der Waals surface area contributed by atoms with Crippen LogP contribution in [0.15, 0.2) is 47.4 Å². The first kappa shape index (κ1) is 20.9. The maximum Gasteiger partial charge on any atom is 0.243 e. The number of benzene rings is 2. The third kappa shape index (κ3) is 3.84. The third-order valence-corrected chi connectivity index (χ3v) is 7.93. The number of carbonyl (C=O) groups is 1. The maximum atomic E-state index is 13.0. The summed E-state index contributed by atoms with van der Waals surface area (Å²) in [6, 6.07) is 13.1. The van der Waals surface area contributed by atoms with Gasteiger partial charge in [-0.25, -0.2) is 8.42 Å². The van der Waals surface area contributed by atoms with Gasteiger partial charge in [0, 0.05) is 31.2 Å². The zero-order chi connectivity index (χ0) is 21.3. The molecule has 1 atom stereocenters. The van der Waals surface area contributed by atoms with Gasteiger partial charge < -0.3 is 9.64 Å². The number of anilines is 1. The molecule has 4 rings (SSSR count). The summed E-state index contributed by atoms with van der Waals surface area (Å²) >= 11 is 0. The summed E-state index contributed by atoms with van der Waals surface area (Å²) in [6.07, 6.45) is 3.37. The molecule has 0 saturated carbocycles. The second-order valence-corrected chi connectivity index (χ2v) is 9.97. The number of aryl methyl sites for hydroxylation is 1. The fourth-order valence-electron chi connectivity index (χ4n) is 4.50.